The highest BCUT2D eigenvalue weighted by molar-refractivity contribution is 7.11. The van der Waals surface area contributed by atoms with Crippen LogP contribution in [0.2, 0.25) is 0 Å². The van der Waals surface area contributed by atoms with Crippen molar-refractivity contribution in [1.82, 2.24) is 10.3 Å². The van der Waals surface area contributed by atoms with Crippen LogP contribution in [0.3, 0.4) is 0 Å². The van der Waals surface area contributed by atoms with E-state index in [9.17, 15) is 4.39 Å². The van der Waals surface area contributed by atoms with Crippen molar-refractivity contribution < 1.29 is 9.50 Å². The van der Waals surface area contributed by atoms with Crippen LogP contribution in [0.4, 0.5) is 4.39 Å². The topological polar surface area (TPSA) is 45.1 Å². The molecule has 1 aromatic carbocycles. The van der Waals surface area contributed by atoms with Gasteiger partial charge in [0.25, 0.3) is 0 Å². The minimum absolute atomic E-state index is 0.184. The lowest BCUT2D eigenvalue weighted by molar-refractivity contribution is 0.275. The van der Waals surface area contributed by atoms with Gasteiger partial charge in [-0.05, 0) is 43.9 Å². The van der Waals surface area contributed by atoms with Gasteiger partial charge in [-0.2, -0.15) is 0 Å². The van der Waals surface area contributed by atoms with Crippen molar-refractivity contribution >= 4 is 11.3 Å². The largest absolute Gasteiger partial charge is 0.392 e. The van der Waals surface area contributed by atoms with Gasteiger partial charge in [0.1, 0.15) is 10.8 Å². The lowest BCUT2D eigenvalue weighted by Gasteiger charge is -2.12. The molecule has 21 heavy (non-hydrogen) atoms. The van der Waals surface area contributed by atoms with Crippen LogP contribution in [0.5, 0.6) is 0 Å². The molecular formula is C16H19FN2OS. The third-order valence-electron chi connectivity index (χ3n) is 3.88. The van der Waals surface area contributed by atoms with Crippen molar-refractivity contribution in [3.05, 3.63) is 50.7 Å². The van der Waals surface area contributed by atoms with E-state index < -0.39 is 0 Å². The highest BCUT2D eigenvalue weighted by Gasteiger charge is 2.19. The maximum Gasteiger partial charge on any atom is 0.128 e. The zero-order valence-corrected chi connectivity index (χ0v) is 12.8. The number of aliphatic hydroxyl groups excluding tert-OH is 1. The first-order valence-electron chi connectivity index (χ1n) is 7.27. The van der Waals surface area contributed by atoms with E-state index >= 15 is 0 Å². The molecule has 1 aliphatic rings. The Bertz CT molecular complexity index is 620. The van der Waals surface area contributed by atoms with E-state index in [-0.39, 0.29) is 18.5 Å². The van der Waals surface area contributed by atoms with E-state index in [1.807, 2.05) is 0 Å². The fraction of sp³-hybridized carbons (Fsp3) is 0.438. The van der Waals surface area contributed by atoms with Gasteiger partial charge in [-0.25, -0.2) is 9.37 Å². The predicted molar refractivity (Wildman–Crippen MR) is 81.7 cm³/mol. The minimum atomic E-state index is -0.356. The molecule has 112 valence electrons. The van der Waals surface area contributed by atoms with Crippen molar-refractivity contribution in [1.29, 1.82) is 0 Å². The number of nitrogens with zero attached hydrogens (tertiary/aromatic N) is 1. The quantitative estimate of drug-likeness (QED) is 0.892. The molecule has 1 heterocycles. The van der Waals surface area contributed by atoms with Crippen LogP contribution < -0.4 is 5.32 Å². The highest BCUT2D eigenvalue weighted by atomic mass is 32.1. The summed E-state index contributed by atoms with van der Waals surface area (Å²) in [5.74, 6) is -0.356. The summed E-state index contributed by atoms with van der Waals surface area (Å²) in [6, 6.07) is 5.04. The highest BCUT2D eigenvalue weighted by Crippen LogP contribution is 2.30. The number of halogens is 1. The summed E-state index contributed by atoms with van der Waals surface area (Å²) in [7, 11) is 0. The number of aryl methyl sites for hydroxylation is 2. The van der Waals surface area contributed by atoms with E-state index in [0.717, 1.165) is 23.4 Å². The van der Waals surface area contributed by atoms with Gasteiger partial charge in [-0.15, -0.1) is 11.3 Å². The molecular weight excluding hydrogens is 287 g/mol. The monoisotopic (exact) mass is 306 g/mol. The van der Waals surface area contributed by atoms with Crippen molar-refractivity contribution in [3.8, 4) is 0 Å². The van der Waals surface area contributed by atoms with E-state index in [2.05, 4.69) is 12.2 Å². The Hall–Kier alpha value is -1.30. The van der Waals surface area contributed by atoms with Crippen molar-refractivity contribution in [2.75, 3.05) is 0 Å². The molecule has 0 fully saturated rings. The zero-order valence-electron chi connectivity index (χ0n) is 12.0. The van der Waals surface area contributed by atoms with Gasteiger partial charge in [0.05, 0.1) is 18.3 Å². The first-order chi connectivity index (χ1) is 10.2. The minimum Gasteiger partial charge on any atom is -0.392 e. The Morgan fingerprint density at radius 3 is 3.05 bits per heavy atom. The SMILES string of the molecule is CC(NCc1ccc(F)c(CO)c1)c1nc2c(s1)CCC2. The fourth-order valence-corrected chi connectivity index (χ4v) is 3.79. The van der Waals surface area contributed by atoms with Gasteiger partial charge in [0.15, 0.2) is 0 Å². The van der Waals surface area contributed by atoms with Gasteiger partial charge < -0.3 is 10.4 Å². The molecule has 3 nitrogen and oxygen atoms in total. The summed E-state index contributed by atoms with van der Waals surface area (Å²) in [6.07, 6.45) is 3.50. The van der Waals surface area contributed by atoms with Crippen LogP contribution in [-0.2, 0) is 26.0 Å². The second kappa shape index (κ2) is 6.22. The first kappa shape index (κ1) is 14.6. The number of hydrogen-bond donors (Lipinski definition) is 2. The molecule has 0 radical (unpaired) electrons. The molecule has 0 bridgehead atoms. The standard InChI is InChI=1S/C16H19FN2OS/c1-10(16-19-14-3-2-4-15(14)21-16)18-8-11-5-6-13(17)12(7-11)9-20/h5-7,10,18,20H,2-4,8-9H2,1H3. The summed E-state index contributed by atoms with van der Waals surface area (Å²) < 4.78 is 13.3. The molecule has 1 atom stereocenters. The van der Waals surface area contributed by atoms with Crippen molar-refractivity contribution in [2.45, 2.75) is 45.4 Å². The van der Waals surface area contributed by atoms with Crippen LogP contribution in [0.25, 0.3) is 0 Å². The average Bonchev–Trinajstić information content (AvgIpc) is 3.07. The molecule has 3 rings (SSSR count). The fourth-order valence-electron chi connectivity index (χ4n) is 2.61. The normalized spacial score (nSPS) is 15.2. The molecule has 1 aromatic heterocycles. The number of benzene rings is 1. The van der Waals surface area contributed by atoms with Crippen LogP contribution in [0.1, 0.15) is 46.1 Å². The number of aliphatic hydroxyl groups is 1. The van der Waals surface area contributed by atoms with Crippen molar-refractivity contribution in [3.63, 3.8) is 0 Å². The van der Waals surface area contributed by atoms with E-state index in [0.29, 0.717) is 12.1 Å². The van der Waals surface area contributed by atoms with E-state index in [1.165, 1.54) is 23.1 Å². The maximum atomic E-state index is 13.3. The molecule has 2 N–H and O–H groups in total. The number of nitrogens with one attached hydrogen (secondary N) is 1. The molecule has 0 saturated heterocycles. The lowest BCUT2D eigenvalue weighted by atomic mass is 10.1. The third-order valence-corrected chi connectivity index (χ3v) is 5.22. The van der Waals surface area contributed by atoms with Gasteiger partial charge in [-0.3, -0.25) is 0 Å². The van der Waals surface area contributed by atoms with Gasteiger partial charge in [0.2, 0.25) is 0 Å². The molecule has 0 aliphatic heterocycles. The Morgan fingerprint density at radius 2 is 2.29 bits per heavy atom. The van der Waals surface area contributed by atoms with Crippen LogP contribution in [0, 0.1) is 5.82 Å². The summed E-state index contributed by atoms with van der Waals surface area (Å²) in [4.78, 5) is 6.14. The Morgan fingerprint density at radius 1 is 1.43 bits per heavy atom. The van der Waals surface area contributed by atoms with Crippen LogP contribution >= 0.6 is 11.3 Å². The molecule has 1 aliphatic carbocycles. The average molecular weight is 306 g/mol. The number of aromatic nitrogens is 1. The van der Waals surface area contributed by atoms with Gasteiger partial charge in [0, 0.05) is 17.0 Å². The van der Waals surface area contributed by atoms with E-state index in [1.54, 1.807) is 23.5 Å². The Balaban J connectivity index is 1.63. The summed E-state index contributed by atoms with van der Waals surface area (Å²) in [6.45, 7) is 2.47. The Kier molecular flexibility index (Phi) is 4.33. The maximum absolute atomic E-state index is 13.3. The Labute approximate surface area is 127 Å². The number of hydrogen-bond acceptors (Lipinski definition) is 4. The molecule has 1 unspecified atom stereocenters. The van der Waals surface area contributed by atoms with Crippen molar-refractivity contribution in [2.24, 2.45) is 0 Å². The van der Waals surface area contributed by atoms with Gasteiger partial charge in [-0.1, -0.05) is 6.07 Å². The smallest absolute Gasteiger partial charge is 0.128 e. The lowest BCUT2D eigenvalue weighted by Crippen LogP contribution is -2.18. The summed E-state index contributed by atoms with van der Waals surface area (Å²) in [5.41, 5.74) is 2.58. The summed E-state index contributed by atoms with van der Waals surface area (Å²) >= 11 is 1.80. The molecule has 2 aromatic rings. The molecule has 0 spiro atoms. The second-order valence-electron chi connectivity index (χ2n) is 5.46. The van der Waals surface area contributed by atoms with Crippen LogP contribution in [0.15, 0.2) is 18.2 Å². The first-order valence-corrected chi connectivity index (χ1v) is 8.09. The number of fused-ring (bicyclic) bond motifs is 1. The van der Waals surface area contributed by atoms with Crippen LogP contribution in [-0.4, -0.2) is 10.1 Å². The van der Waals surface area contributed by atoms with Gasteiger partial charge >= 0.3 is 0 Å². The second-order valence-corrected chi connectivity index (χ2v) is 6.58. The molecule has 5 heteroatoms. The molecule has 0 saturated carbocycles. The third kappa shape index (κ3) is 3.15. The summed E-state index contributed by atoms with van der Waals surface area (Å²) in [5, 5.41) is 13.6. The zero-order chi connectivity index (χ0) is 14.8. The number of rotatable bonds is 5. The molecule has 0 amide bonds. The predicted octanol–water partition coefficient (Wildman–Crippen LogP) is 3.11. The number of thiazole rings is 1. The van der Waals surface area contributed by atoms with E-state index in [4.69, 9.17) is 10.1 Å².